The zero-order valence-electron chi connectivity index (χ0n) is 19.1. The zero-order chi connectivity index (χ0) is 26.5. The Morgan fingerprint density at radius 2 is 1.69 bits per heavy atom. The maximum atomic E-state index is 13.5. The summed E-state index contributed by atoms with van der Waals surface area (Å²) in [5, 5.41) is 13.1. The van der Waals surface area contributed by atoms with E-state index in [-0.39, 0.29) is 33.7 Å². The lowest BCUT2D eigenvalue weighted by Gasteiger charge is -2.13. The Balaban J connectivity index is 1.84. The molecule has 0 spiro atoms. The number of carbonyl (C=O) groups is 1. The smallest absolute Gasteiger partial charge is 0.433 e. The molecule has 3 rings (SSSR count). The van der Waals surface area contributed by atoms with Crippen LogP contribution in [0.4, 0.5) is 24.5 Å². The molecule has 0 aliphatic carbocycles. The van der Waals surface area contributed by atoms with E-state index in [9.17, 15) is 28.1 Å². The summed E-state index contributed by atoms with van der Waals surface area (Å²) in [7, 11) is 4.09. The van der Waals surface area contributed by atoms with Crippen LogP contribution in [0.2, 0.25) is 0 Å². The van der Waals surface area contributed by atoms with Gasteiger partial charge in [-0.15, -0.1) is 0 Å². The van der Waals surface area contributed by atoms with Crippen molar-refractivity contribution in [2.24, 2.45) is 0 Å². The molecule has 0 fully saturated rings. The number of thioether (sulfide) groups is 1. The normalized spacial score (nSPS) is 11.1. The molecule has 0 unspecified atom stereocenters. The molecule has 1 aromatic heterocycles. The molecular weight excluding hydrogens is 505 g/mol. The van der Waals surface area contributed by atoms with E-state index in [4.69, 9.17) is 14.2 Å². The lowest BCUT2D eigenvalue weighted by molar-refractivity contribution is -0.384. The summed E-state index contributed by atoms with van der Waals surface area (Å²) in [5.74, 6) is -0.214. The molecule has 3 aromatic rings. The van der Waals surface area contributed by atoms with E-state index in [1.165, 1.54) is 51.7 Å². The van der Waals surface area contributed by atoms with Crippen molar-refractivity contribution in [2.45, 2.75) is 11.3 Å². The quantitative estimate of drug-likeness (QED) is 0.181. The van der Waals surface area contributed by atoms with Gasteiger partial charge in [-0.1, -0.05) is 11.8 Å². The Labute approximate surface area is 206 Å². The van der Waals surface area contributed by atoms with Crippen molar-refractivity contribution in [3.8, 4) is 28.5 Å². The van der Waals surface area contributed by atoms with Gasteiger partial charge >= 0.3 is 6.18 Å². The van der Waals surface area contributed by atoms with Crippen LogP contribution in [0, 0.1) is 10.1 Å². The highest BCUT2D eigenvalue weighted by Gasteiger charge is 2.34. The van der Waals surface area contributed by atoms with E-state index in [1.54, 1.807) is 0 Å². The van der Waals surface area contributed by atoms with Gasteiger partial charge in [0.05, 0.1) is 49.5 Å². The molecular formula is C22H19F3N4O6S. The lowest BCUT2D eigenvalue weighted by Crippen LogP contribution is -2.16. The van der Waals surface area contributed by atoms with Crippen LogP contribution in [0.3, 0.4) is 0 Å². The number of methoxy groups -OCH3 is 3. The molecule has 14 heteroatoms. The third-order valence-electron chi connectivity index (χ3n) is 4.68. The summed E-state index contributed by atoms with van der Waals surface area (Å²) in [6.45, 7) is 0. The van der Waals surface area contributed by atoms with Crippen LogP contribution < -0.4 is 19.5 Å². The van der Waals surface area contributed by atoms with Crippen LogP contribution in [0.1, 0.15) is 5.69 Å². The van der Waals surface area contributed by atoms with Crippen molar-refractivity contribution in [1.29, 1.82) is 0 Å². The van der Waals surface area contributed by atoms with E-state index in [2.05, 4.69) is 15.3 Å². The van der Waals surface area contributed by atoms with E-state index >= 15 is 0 Å². The average Bonchev–Trinajstić information content (AvgIpc) is 2.86. The summed E-state index contributed by atoms with van der Waals surface area (Å²) in [5.41, 5.74) is -0.966. The molecule has 1 N–H and O–H groups in total. The number of non-ortho nitro benzene ring substituents is 1. The Morgan fingerprint density at radius 1 is 1.00 bits per heavy atom. The Morgan fingerprint density at radius 3 is 2.31 bits per heavy atom. The number of benzene rings is 2. The second-order valence-corrected chi connectivity index (χ2v) is 7.91. The molecule has 0 bridgehead atoms. The monoisotopic (exact) mass is 524 g/mol. The SMILES string of the molecule is COc1cc([N+](=O)[O-])ccc1NC(=O)CSc1nc(-c2ccc(OC)c(OC)c2)cc(C(F)(F)F)n1. The average molecular weight is 524 g/mol. The number of hydrogen-bond acceptors (Lipinski definition) is 9. The fraction of sp³-hybridized carbons (Fsp3) is 0.227. The number of amides is 1. The van der Waals surface area contributed by atoms with Gasteiger partial charge < -0.3 is 19.5 Å². The number of hydrogen-bond donors (Lipinski definition) is 1. The minimum absolute atomic E-state index is 0.0294. The number of rotatable bonds is 9. The first kappa shape index (κ1) is 26.5. The molecule has 0 saturated carbocycles. The van der Waals surface area contributed by atoms with Crippen LogP contribution in [0.5, 0.6) is 17.2 Å². The third kappa shape index (κ3) is 6.33. The highest BCUT2D eigenvalue weighted by atomic mass is 32.2. The number of aromatic nitrogens is 2. The Bertz CT molecular complexity index is 1290. The van der Waals surface area contributed by atoms with Crippen LogP contribution in [0.15, 0.2) is 47.6 Å². The van der Waals surface area contributed by atoms with E-state index in [0.29, 0.717) is 28.8 Å². The van der Waals surface area contributed by atoms with Gasteiger partial charge in [-0.3, -0.25) is 14.9 Å². The van der Waals surface area contributed by atoms with Crippen LogP contribution in [-0.2, 0) is 11.0 Å². The van der Waals surface area contributed by atoms with Gasteiger partial charge in [0.1, 0.15) is 11.4 Å². The lowest BCUT2D eigenvalue weighted by atomic mass is 10.1. The second kappa shape index (κ2) is 11.1. The molecule has 0 radical (unpaired) electrons. The number of nitrogens with one attached hydrogen (secondary N) is 1. The molecule has 0 saturated heterocycles. The maximum absolute atomic E-state index is 13.5. The molecule has 0 aliphatic rings. The largest absolute Gasteiger partial charge is 0.494 e. The summed E-state index contributed by atoms with van der Waals surface area (Å²) >= 11 is 0.687. The molecule has 0 aliphatic heterocycles. The minimum Gasteiger partial charge on any atom is -0.494 e. The first-order valence-corrected chi connectivity index (χ1v) is 11.0. The predicted octanol–water partition coefficient (Wildman–Crippen LogP) is 4.83. The minimum atomic E-state index is -4.75. The van der Waals surface area contributed by atoms with Crippen molar-refractivity contribution in [3.05, 3.63) is 58.3 Å². The highest BCUT2D eigenvalue weighted by Crippen LogP contribution is 2.35. The molecule has 10 nitrogen and oxygen atoms in total. The van der Waals surface area contributed by atoms with Crippen molar-refractivity contribution in [2.75, 3.05) is 32.4 Å². The van der Waals surface area contributed by atoms with Crippen LogP contribution in [0.25, 0.3) is 11.3 Å². The van der Waals surface area contributed by atoms with Crippen molar-refractivity contribution in [3.63, 3.8) is 0 Å². The van der Waals surface area contributed by atoms with Crippen LogP contribution in [-0.4, -0.2) is 47.9 Å². The van der Waals surface area contributed by atoms with E-state index < -0.39 is 22.7 Å². The third-order valence-corrected chi connectivity index (χ3v) is 5.53. The molecule has 1 heterocycles. The molecule has 2 aromatic carbocycles. The number of carbonyl (C=O) groups excluding carboxylic acids is 1. The topological polar surface area (TPSA) is 126 Å². The summed E-state index contributed by atoms with van der Waals surface area (Å²) in [6.07, 6.45) is -4.75. The van der Waals surface area contributed by atoms with Gasteiger partial charge in [-0.05, 0) is 30.3 Å². The van der Waals surface area contributed by atoms with Gasteiger partial charge in [0.15, 0.2) is 16.7 Å². The number of alkyl halides is 3. The first-order valence-electron chi connectivity index (χ1n) is 9.99. The van der Waals surface area contributed by atoms with Gasteiger partial charge in [0, 0.05) is 11.6 Å². The molecule has 0 atom stereocenters. The van der Waals surface area contributed by atoms with Gasteiger partial charge in [0.25, 0.3) is 5.69 Å². The fourth-order valence-electron chi connectivity index (χ4n) is 2.99. The van der Waals surface area contributed by atoms with Gasteiger partial charge in [-0.2, -0.15) is 13.2 Å². The maximum Gasteiger partial charge on any atom is 0.433 e. The van der Waals surface area contributed by atoms with Crippen LogP contribution >= 0.6 is 11.8 Å². The molecule has 190 valence electrons. The standard InChI is InChI=1S/C22H19F3N4O6S/c1-33-16-7-4-12(8-18(16)35-3)15-10-19(22(23,24)25)28-21(27-15)36-11-20(30)26-14-6-5-13(29(31)32)9-17(14)34-2/h4-10H,11H2,1-3H3,(H,26,30). The molecule has 36 heavy (non-hydrogen) atoms. The van der Waals surface area contributed by atoms with Crippen molar-refractivity contribution in [1.82, 2.24) is 9.97 Å². The summed E-state index contributed by atoms with van der Waals surface area (Å²) < 4.78 is 55.9. The Hall–Kier alpha value is -4.07. The number of ether oxygens (including phenoxy) is 3. The molecule has 1 amide bonds. The number of halogens is 3. The van der Waals surface area contributed by atoms with E-state index in [0.717, 1.165) is 12.1 Å². The van der Waals surface area contributed by atoms with Crippen molar-refractivity contribution >= 4 is 29.0 Å². The Kier molecular flexibility index (Phi) is 8.19. The van der Waals surface area contributed by atoms with Gasteiger partial charge in [0.2, 0.25) is 5.91 Å². The second-order valence-electron chi connectivity index (χ2n) is 6.97. The fourth-order valence-corrected chi connectivity index (χ4v) is 3.65. The summed E-state index contributed by atoms with van der Waals surface area (Å²) in [6, 6.07) is 8.92. The summed E-state index contributed by atoms with van der Waals surface area (Å²) in [4.78, 5) is 30.4. The number of anilines is 1. The number of nitro groups is 1. The van der Waals surface area contributed by atoms with E-state index in [1.807, 2.05) is 0 Å². The number of nitrogens with zero attached hydrogens (tertiary/aromatic N) is 3. The highest BCUT2D eigenvalue weighted by molar-refractivity contribution is 7.99. The van der Waals surface area contributed by atoms with Gasteiger partial charge in [-0.25, -0.2) is 9.97 Å². The number of nitro benzene ring substituents is 1. The predicted molar refractivity (Wildman–Crippen MR) is 125 cm³/mol. The first-order chi connectivity index (χ1) is 17.0. The zero-order valence-corrected chi connectivity index (χ0v) is 19.9. The van der Waals surface area contributed by atoms with Crippen molar-refractivity contribution < 1.29 is 37.1 Å².